The zero-order valence-corrected chi connectivity index (χ0v) is 15.9. The highest BCUT2D eigenvalue weighted by atomic mass is 32.2. The predicted octanol–water partition coefficient (Wildman–Crippen LogP) is 3.48. The topological polar surface area (TPSA) is 73.6 Å². The molecule has 2 heterocycles. The van der Waals surface area contributed by atoms with Crippen LogP contribution in [0.25, 0.3) is 0 Å². The normalized spacial score (nSPS) is 24.1. The third kappa shape index (κ3) is 2.86. The maximum absolute atomic E-state index is 13.7. The van der Waals surface area contributed by atoms with Crippen molar-refractivity contribution in [3.63, 3.8) is 0 Å². The summed E-state index contributed by atoms with van der Waals surface area (Å²) in [6.07, 6.45) is -0.0112. The molecule has 0 aromatic heterocycles. The van der Waals surface area contributed by atoms with Crippen LogP contribution in [0.15, 0.2) is 59.1 Å². The number of allylic oxidation sites excluding steroid dienone is 1. The van der Waals surface area contributed by atoms with E-state index in [4.69, 9.17) is 4.74 Å². The van der Waals surface area contributed by atoms with Gasteiger partial charge in [0.25, 0.3) is 0 Å². The average molecular weight is 396 g/mol. The number of ether oxygens (including phenoxy) is 1. The molecule has 28 heavy (non-hydrogen) atoms. The maximum Gasteiger partial charge on any atom is 0.231 e. The summed E-state index contributed by atoms with van der Waals surface area (Å²) in [6.45, 7) is 0. The Morgan fingerprint density at radius 2 is 2.11 bits per heavy atom. The molecule has 0 aliphatic carbocycles. The average Bonchev–Trinajstić information content (AvgIpc) is 3.07. The molecule has 1 fully saturated rings. The van der Waals surface area contributed by atoms with Gasteiger partial charge in [-0.2, -0.15) is 5.26 Å². The van der Waals surface area contributed by atoms with Crippen LogP contribution in [0.3, 0.4) is 0 Å². The number of carbonyl (C=O) groups is 1. The molecule has 5 nitrogen and oxygen atoms in total. The van der Waals surface area contributed by atoms with Crippen molar-refractivity contribution in [2.45, 2.75) is 18.1 Å². The largest absolute Gasteiger partial charge is 0.497 e. The second kappa shape index (κ2) is 6.97. The fraction of sp³-hybridized carbons (Fsp3) is 0.238. The first-order chi connectivity index (χ1) is 13.5. The Balaban J connectivity index is 1.81. The second-order valence-corrected chi connectivity index (χ2v) is 7.67. The standard InChI is InChI=1S/C21H17FN2O3S/c1-27-16-7-3-5-14(9-16)21(26)12-28-20-18(11-23)17(10-19(25)24(20)21)13-4-2-6-15(22)8-13/h2-9,17,26H,10,12H2,1H3/t17-,21+/m0/s1. The zero-order valence-electron chi connectivity index (χ0n) is 15.1. The molecular formula is C21H17FN2O3S. The number of carbonyl (C=O) groups excluding carboxylic acids is 1. The number of hydrogen-bond donors (Lipinski definition) is 1. The van der Waals surface area contributed by atoms with E-state index in [1.807, 2.05) is 0 Å². The highest BCUT2D eigenvalue weighted by Crippen LogP contribution is 2.51. The number of thioether (sulfide) groups is 1. The summed E-state index contributed by atoms with van der Waals surface area (Å²) in [5.41, 5.74) is -0.103. The molecule has 0 unspecified atom stereocenters. The Kier molecular flexibility index (Phi) is 4.61. The monoisotopic (exact) mass is 396 g/mol. The van der Waals surface area contributed by atoms with Gasteiger partial charge in [0.05, 0.1) is 29.5 Å². The van der Waals surface area contributed by atoms with E-state index in [2.05, 4.69) is 6.07 Å². The number of aliphatic hydroxyl groups is 1. The molecule has 2 aromatic carbocycles. The van der Waals surface area contributed by atoms with E-state index in [0.29, 0.717) is 27.5 Å². The molecule has 2 atom stereocenters. The van der Waals surface area contributed by atoms with Gasteiger partial charge < -0.3 is 9.84 Å². The van der Waals surface area contributed by atoms with Crippen molar-refractivity contribution in [3.8, 4) is 11.8 Å². The lowest BCUT2D eigenvalue weighted by Crippen LogP contribution is -2.48. The van der Waals surface area contributed by atoms with Gasteiger partial charge in [-0.15, -0.1) is 11.8 Å². The van der Waals surface area contributed by atoms with Crippen molar-refractivity contribution in [2.75, 3.05) is 12.9 Å². The number of nitriles is 1. The fourth-order valence-electron chi connectivity index (χ4n) is 3.72. The van der Waals surface area contributed by atoms with Crippen LogP contribution in [0, 0.1) is 17.1 Å². The number of amides is 1. The molecule has 0 radical (unpaired) electrons. The first-order valence-electron chi connectivity index (χ1n) is 8.70. The third-order valence-corrected chi connectivity index (χ3v) is 6.32. The van der Waals surface area contributed by atoms with Gasteiger partial charge in [0, 0.05) is 17.9 Å². The first-order valence-corrected chi connectivity index (χ1v) is 9.69. The van der Waals surface area contributed by atoms with Crippen molar-refractivity contribution in [3.05, 3.63) is 76.1 Å². The summed E-state index contributed by atoms with van der Waals surface area (Å²) in [4.78, 5) is 14.3. The second-order valence-electron chi connectivity index (χ2n) is 6.71. The molecule has 0 bridgehead atoms. The molecule has 2 aromatic rings. The minimum Gasteiger partial charge on any atom is -0.497 e. The fourth-order valence-corrected chi connectivity index (χ4v) is 5.08. The lowest BCUT2D eigenvalue weighted by atomic mass is 9.85. The van der Waals surface area contributed by atoms with Gasteiger partial charge in [-0.25, -0.2) is 4.39 Å². The molecular weight excluding hydrogens is 379 g/mol. The molecule has 7 heteroatoms. The van der Waals surface area contributed by atoms with Gasteiger partial charge in [0.1, 0.15) is 11.6 Å². The van der Waals surface area contributed by atoms with Gasteiger partial charge in [0.15, 0.2) is 5.72 Å². The third-order valence-electron chi connectivity index (χ3n) is 5.09. The summed E-state index contributed by atoms with van der Waals surface area (Å²) in [6, 6.07) is 15.0. The van der Waals surface area contributed by atoms with Gasteiger partial charge in [0.2, 0.25) is 5.91 Å². The molecule has 1 saturated heterocycles. The lowest BCUT2D eigenvalue weighted by molar-refractivity contribution is -0.149. The summed E-state index contributed by atoms with van der Waals surface area (Å²) < 4.78 is 18.9. The summed E-state index contributed by atoms with van der Waals surface area (Å²) >= 11 is 1.26. The molecule has 0 saturated carbocycles. The van der Waals surface area contributed by atoms with Crippen LogP contribution in [-0.4, -0.2) is 28.8 Å². The molecule has 142 valence electrons. The van der Waals surface area contributed by atoms with Crippen LogP contribution in [0.4, 0.5) is 4.39 Å². The molecule has 2 aliphatic rings. The number of rotatable bonds is 3. The number of hydrogen-bond acceptors (Lipinski definition) is 5. The number of methoxy groups -OCH3 is 1. The van der Waals surface area contributed by atoms with Crippen LogP contribution in [-0.2, 0) is 10.5 Å². The Morgan fingerprint density at radius 1 is 1.32 bits per heavy atom. The lowest BCUT2D eigenvalue weighted by Gasteiger charge is -2.38. The molecule has 1 N–H and O–H groups in total. The summed E-state index contributed by atoms with van der Waals surface area (Å²) in [7, 11) is 1.53. The summed E-state index contributed by atoms with van der Waals surface area (Å²) in [5, 5.41) is 21.6. The van der Waals surface area contributed by atoms with E-state index in [1.54, 1.807) is 36.4 Å². The quantitative estimate of drug-likeness (QED) is 0.860. The Morgan fingerprint density at radius 3 is 2.82 bits per heavy atom. The van der Waals surface area contributed by atoms with E-state index in [0.717, 1.165) is 0 Å². The number of fused-ring (bicyclic) bond motifs is 1. The minimum absolute atomic E-state index is 0.0112. The van der Waals surface area contributed by atoms with Crippen LogP contribution in [0.2, 0.25) is 0 Å². The SMILES string of the molecule is COc1cccc([C@]2(O)CSC3=C(C#N)[C@H](c4cccc(F)c4)CC(=O)N32)c1. The van der Waals surface area contributed by atoms with Crippen molar-refractivity contribution in [2.24, 2.45) is 0 Å². The molecule has 4 rings (SSSR count). The van der Waals surface area contributed by atoms with Gasteiger partial charge >= 0.3 is 0 Å². The van der Waals surface area contributed by atoms with Gasteiger partial charge in [-0.05, 0) is 29.8 Å². The van der Waals surface area contributed by atoms with E-state index in [1.165, 1.54) is 35.9 Å². The van der Waals surface area contributed by atoms with Crippen LogP contribution in [0.5, 0.6) is 5.75 Å². The molecule has 0 spiro atoms. The van der Waals surface area contributed by atoms with Crippen molar-refractivity contribution < 1.29 is 19.0 Å². The highest BCUT2D eigenvalue weighted by Gasteiger charge is 2.51. The minimum atomic E-state index is -1.57. The molecule has 2 aliphatic heterocycles. The van der Waals surface area contributed by atoms with Crippen molar-refractivity contribution in [1.82, 2.24) is 4.90 Å². The van der Waals surface area contributed by atoms with Crippen LogP contribution >= 0.6 is 11.8 Å². The number of nitrogens with zero attached hydrogens (tertiary/aromatic N) is 2. The number of benzene rings is 2. The number of halogens is 1. The predicted molar refractivity (Wildman–Crippen MR) is 103 cm³/mol. The summed E-state index contributed by atoms with van der Waals surface area (Å²) in [5.74, 6) is -0.488. The first kappa shape index (κ1) is 18.5. The zero-order chi connectivity index (χ0) is 19.9. The van der Waals surface area contributed by atoms with E-state index >= 15 is 0 Å². The van der Waals surface area contributed by atoms with E-state index in [9.17, 15) is 19.6 Å². The Bertz CT molecular complexity index is 1030. The Hall–Kier alpha value is -2.82. The van der Waals surface area contributed by atoms with Gasteiger partial charge in [-0.3, -0.25) is 9.69 Å². The Labute approximate surface area is 166 Å². The van der Waals surface area contributed by atoms with Crippen molar-refractivity contribution >= 4 is 17.7 Å². The van der Waals surface area contributed by atoms with Crippen molar-refractivity contribution in [1.29, 1.82) is 5.26 Å². The van der Waals surface area contributed by atoms with E-state index in [-0.39, 0.29) is 18.1 Å². The van der Waals surface area contributed by atoms with E-state index < -0.39 is 17.5 Å². The van der Waals surface area contributed by atoms with Gasteiger partial charge in [-0.1, -0.05) is 24.3 Å². The van der Waals surface area contributed by atoms with Crippen LogP contribution < -0.4 is 4.74 Å². The van der Waals surface area contributed by atoms with Crippen LogP contribution in [0.1, 0.15) is 23.5 Å². The smallest absolute Gasteiger partial charge is 0.231 e. The maximum atomic E-state index is 13.7. The highest BCUT2D eigenvalue weighted by molar-refractivity contribution is 8.03. The molecule has 1 amide bonds.